The molecule has 3 rings (SSSR count). The van der Waals surface area contributed by atoms with E-state index in [1.165, 1.54) is 11.4 Å². The Balaban J connectivity index is 2.14. The summed E-state index contributed by atoms with van der Waals surface area (Å²) in [6.45, 7) is 0. The van der Waals surface area contributed by atoms with E-state index in [9.17, 15) is 0 Å². The van der Waals surface area contributed by atoms with E-state index in [1.807, 2.05) is 36.7 Å². The Morgan fingerprint density at radius 3 is 1.86 bits per heavy atom. The summed E-state index contributed by atoms with van der Waals surface area (Å²) >= 11 is 0. The SMILES string of the molecule is NP1N2C=CC=CC2=C2C=CC=CN21. The van der Waals surface area contributed by atoms with Crippen molar-refractivity contribution in [3.05, 3.63) is 60.3 Å². The van der Waals surface area contributed by atoms with E-state index in [0.717, 1.165) is 0 Å². The molecule has 0 aromatic carbocycles. The number of fused-ring (bicyclic) bond motifs is 2. The second-order valence-corrected chi connectivity index (χ2v) is 4.68. The second kappa shape index (κ2) is 2.84. The van der Waals surface area contributed by atoms with Gasteiger partial charge in [0.2, 0.25) is 0 Å². The summed E-state index contributed by atoms with van der Waals surface area (Å²) in [7, 11) is -0.763. The highest BCUT2D eigenvalue weighted by Crippen LogP contribution is 2.52. The van der Waals surface area contributed by atoms with Gasteiger partial charge in [0.15, 0.2) is 8.37 Å². The summed E-state index contributed by atoms with van der Waals surface area (Å²) in [4.78, 5) is 0. The van der Waals surface area contributed by atoms with Crippen LogP contribution in [0.5, 0.6) is 0 Å². The molecule has 0 spiro atoms. The molecular formula is C10H10N3P. The fourth-order valence-electron chi connectivity index (χ4n) is 1.74. The van der Waals surface area contributed by atoms with E-state index >= 15 is 0 Å². The summed E-state index contributed by atoms with van der Waals surface area (Å²) in [6, 6.07) is 0. The van der Waals surface area contributed by atoms with Crippen molar-refractivity contribution in [2.75, 3.05) is 0 Å². The lowest BCUT2D eigenvalue weighted by Gasteiger charge is -2.26. The molecule has 0 saturated heterocycles. The zero-order valence-corrected chi connectivity index (χ0v) is 8.43. The van der Waals surface area contributed by atoms with Crippen LogP contribution < -0.4 is 5.50 Å². The van der Waals surface area contributed by atoms with Gasteiger partial charge in [0.1, 0.15) is 0 Å². The van der Waals surface area contributed by atoms with Crippen LogP contribution in [0.4, 0.5) is 0 Å². The van der Waals surface area contributed by atoms with Gasteiger partial charge in [-0.3, -0.25) is 14.8 Å². The molecule has 0 radical (unpaired) electrons. The minimum Gasteiger partial charge on any atom is -0.295 e. The molecule has 0 aliphatic carbocycles. The third-order valence-electron chi connectivity index (χ3n) is 2.38. The topological polar surface area (TPSA) is 32.5 Å². The van der Waals surface area contributed by atoms with Crippen molar-refractivity contribution in [1.29, 1.82) is 0 Å². The first-order chi connectivity index (χ1) is 6.88. The molecule has 14 heavy (non-hydrogen) atoms. The Labute approximate surface area is 84.1 Å². The Morgan fingerprint density at radius 1 is 0.857 bits per heavy atom. The second-order valence-electron chi connectivity index (χ2n) is 3.18. The van der Waals surface area contributed by atoms with Gasteiger partial charge < -0.3 is 0 Å². The number of rotatable bonds is 0. The smallest absolute Gasteiger partial charge is 0.181 e. The lowest BCUT2D eigenvalue weighted by atomic mass is 10.2. The maximum absolute atomic E-state index is 6.15. The highest BCUT2D eigenvalue weighted by atomic mass is 31.1. The van der Waals surface area contributed by atoms with Gasteiger partial charge in [-0.1, -0.05) is 12.2 Å². The van der Waals surface area contributed by atoms with E-state index < -0.39 is 8.37 Å². The largest absolute Gasteiger partial charge is 0.295 e. The number of hydrogen-bond donors (Lipinski definition) is 1. The average Bonchev–Trinajstić information content (AvgIpc) is 2.55. The molecule has 70 valence electrons. The highest BCUT2D eigenvalue weighted by molar-refractivity contribution is 7.51. The monoisotopic (exact) mass is 203 g/mol. The predicted octanol–water partition coefficient (Wildman–Crippen LogP) is 2.17. The van der Waals surface area contributed by atoms with Crippen LogP contribution in [0.3, 0.4) is 0 Å². The van der Waals surface area contributed by atoms with Crippen LogP contribution in [0, 0.1) is 0 Å². The predicted molar refractivity (Wildman–Crippen MR) is 58.4 cm³/mol. The molecule has 0 aromatic rings. The van der Waals surface area contributed by atoms with Crippen molar-refractivity contribution < 1.29 is 0 Å². The lowest BCUT2D eigenvalue weighted by Crippen LogP contribution is -2.16. The standard InChI is InChI=1S/C10H10N3P/c11-14-12-7-3-1-5-9(12)10-6-2-4-8-13(10)14/h1-8H,11H2. The van der Waals surface area contributed by atoms with Crippen LogP contribution in [0.2, 0.25) is 0 Å². The molecule has 3 heterocycles. The third kappa shape index (κ3) is 0.939. The molecule has 0 bridgehead atoms. The normalized spacial score (nSPS) is 23.5. The Hall–Kier alpha value is -1.31. The van der Waals surface area contributed by atoms with Gasteiger partial charge >= 0.3 is 0 Å². The molecule has 0 aromatic heterocycles. The molecule has 0 saturated carbocycles. The van der Waals surface area contributed by atoms with Crippen LogP contribution >= 0.6 is 8.37 Å². The van der Waals surface area contributed by atoms with Gasteiger partial charge in [0.05, 0.1) is 11.4 Å². The minimum atomic E-state index is -0.763. The van der Waals surface area contributed by atoms with Gasteiger partial charge in [0, 0.05) is 12.4 Å². The number of nitrogens with zero attached hydrogens (tertiary/aromatic N) is 2. The zero-order valence-electron chi connectivity index (χ0n) is 7.54. The first-order valence-electron chi connectivity index (χ1n) is 4.45. The molecule has 0 atom stereocenters. The van der Waals surface area contributed by atoms with E-state index in [4.69, 9.17) is 5.50 Å². The van der Waals surface area contributed by atoms with Crippen LogP contribution in [-0.2, 0) is 0 Å². The average molecular weight is 203 g/mol. The van der Waals surface area contributed by atoms with Gasteiger partial charge in [-0.2, -0.15) is 0 Å². The van der Waals surface area contributed by atoms with Crippen molar-refractivity contribution in [3.8, 4) is 0 Å². The number of allylic oxidation sites excluding steroid dienone is 6. The number of hydrogen-bond acceptors (Lipinski definition) is 3. The van der Waals surface area contributed by atoms with E-state index in [0.29, 0.717) is 0 Å². The van der Waals surface area contributed by atoms with E-state index in [2.05, 4.69) is 21.5 Å². The first-order valence-corrected chi connectivity index (χ1v) is 5.77. The van der Waals surface area contributed by atoms with Gasteiger partial charge in [-0.15, -0.1) is 0 Å². The van der Waals surface area contributed by atoms with Gasteiger partial charge in [-0.25, -0.2) is 0 Å². The van der Waals surface area contributed by atoms with Crippen molar-refractivity contribution >= 4 is 8.37 Å². The fraction of sp³-hybridized carbons (Fsp3) is 0. The Bertz CT molecular complexity index is 379. The Morgan fingerprint density at radius 2 is 1.36 bits per heavy atom. The van der Waals surface area contributed by atoms with Crippen LogP contribution in [-0.4, -0.2) is 9.34 Å². The zero-order chi connectivity index (χ0) is 9.54. The molecule has 3 aliphatic heterocycles. The highest BCUT2D eigenvalue weighted by Gasteiger charge is 2.33. The summed E-state index contributed by atoms with van der Waals surface area (Å²) in [5, 5.41) is 0. The minimum absolute atomic E-state index is 0.763. The lowest BCUT2D eigenvalue weighted by molar-refractivity contribution is 0.752. The van der Waals surface area contributed by atoms with E-state index in [-0.39, 0.29) is 0 Å². The molecule has 0 fully saturated rings. The van der Waals surface area contributed by atoms with Crippen molar-refractivity contribution in [1.82, 2.24) is 9.34 Å². The van der Waals surface area contributed by atoms with Gasteiger partial charge in [-0.05, 0) is 24.3 Å². The molecule has 0 amide bonds. The molecule has 3 nitrogen and oxygen atoms in total. The van der Waals surface area contributed by atoms with Crippen molar-refractivity contribution in [2.24, 2.45) is 5.50 Å². The Kier molecular flexibility index (Phi) is 1.63. The maximum Gasteiger partial charge on any atom is 0.181 e. The fourth-order valence-corrected chi connectivity index (χ4v) is 3.15. The van der Waals surface area contributed by atoms with Crippen LogP contribution in [0.15, 0.2) is 60.3 Å². The summed E-state index contributed by atoms with van der Waals surface area (Å²) in [6.07, 6.45) is 16.4. The summed E-state index contributed by atoms with van der Waals surface area (Å²) in [5.74, 6) is 0. The van der Waals surface area contributed by atoms with Crippen molar-refractivity contribution in [2.45, 2.75) is 0 Å². The molecule has 4 heteroatoms. The van der Waals surface area contributed by atoms with Crippen LogP contribution in [0.1, 0.15) is 0 Å². The molecule has 2 N–H and O–H groups in total. The molecule has 0 unspecified atom stereocenters. The summed E-state index contributed by atoms with van der Waals surface area (Å²) in [5.41, 5.74) is 8.54. The van der Waals surface area contributed by atoms with Crippen LogP contribution in [0.25, 0.3) is 0 Å². The van der Waals surface area contributed by atoms with Crippen molar-refractivity contribution in [3.63, 3.8) is 0 Å². The van der Waals surface area contributed by atoms with E-state index in [1.54, 1.807) is 0 Å². The summed E-state index contributed by atoms with van der Waals surface area (Å²) < 4.78 is 4.26. The number of nitrogens with two attached hydrogens (primary N) is 1. The maximum atomic E-state index is 6.15. The van der Waals surface area contributed by atoms with Gasteiger partial charge in [0.25, 0.3) is 0 Å². The molecule has 3 aliphatic rings. The quantitative estimate of drug-likeness (QED) is 0.612. The third-order valence-corrected chi connectivity index (χ3v) is 3.96. The molecular weight excluding hydrogens is 193 g/mol. The first kappa shape index (κ1) is 8.04.